The van der Waals surface area contributed by atoms with Crippen molar-refractivity contribution in [3.63, 3.8) is 0 Å². The van der Waals surface area contributed by atoms with Crippen LogP contribution in [0.5, 0.6) is 0 Å². The highest BCUT2D eigenvalue weighted by atomic mass is 16.3. The summed E-state index contributed by atoms with van der Waals surface area (Å²) in [6.45, 7) is 0. The third kappa shape index (κ3) is 5.03. The van der Waals surface area contributed by atoms with Gasteiger partial charge in [0.25, 0.3) is 0 Å². The van der Waals surface area contributed by atoms with Crippen LogP contribution in [0.15, 0.2) is 235 Å². The fourth-order valence-electron chi connectivity index (χ4n) is 9.95. The summed E-state index contributed by atoms with van der Waals surface area (Å²) in [5.74, 6) is 0. The molecule has 0 aliphatic heterocycles. The van der Waals surface area contributed by atoms with E-state index in [4.69, 9.17) is 4.42 Å². The summed E-state index contributed by atoms with van der Waals surface area (Å²) >= 11 is 0. The molecule has 0 N–H and O–H groups in total. The predicted molar refractivity (Wildman–Crippen MR) is 248 cm³/mol. The monoisotopic (exact) mass is 766 g/mol. The van der Waals surface area contributed by atoms with Crippen molar-refractivity contribution in [2.24, 2.45) is 0 Å². The van der Waals surface area contributed by atoms with Crippen LogP contribution in [0.4, 0.5) is 17.1 Å². The number of hydrogen-bond donors (Lipinski definition) is 0. The Hall–Kier alpha value is -7.88. The molecule has 0 saturated heterocycles. The van der Waals surface area contributed by atoms with Crippen LogP contribution in [0.1, 0.15) is 22.3 Å². The second-order valence-electron chi connectivity index (χ2n) is 15.6. The molecular formula is C57H38N2O. The molecule has 0 spiro atoms. The van der Waals surface area contributed by atoms with Crippen molar-refractivity contribution >= 4 is 50.0 Å². The van der Waals surface area contributed by atoms with Crippen molar-refractivity contribution in [2.75, 3.05) is 4.90 Å². The molecule has 0 bridgehead atoms. The molecule has 1 aliphatic carbocycles. The zero-order valence-corrected chi connectivity index (χ0v) is 32.7. The smallest absolute Gasteiger partial charge is 0.161 e. The number of rotatable bonds is 7. The lowest BCUT2D eigenvalue weighted by Crippen LogP contribution is -2.28. The molecule has 11 aromatic rings. The summed E-state index contributed by atoms with van der Waals surface area (Å²) in [5, 5.41) is 2.15. The van der Waals surface area contributed by atoms with Crippen molar-refractivity contribution in [1.82, 2.24) is 4.57 Å². The average molecular weight is 767 g/mol. The Labute approximate surface area is 348 Å². The van der Waals surface area contributed by atoms with E-state index < -0.39 is 5.41 Å². The number of fused-ring (bicyclic) bond motifs is 8. The molecule has 0 atom stereocenters. The number of aromatic nitrogens is 1. The minimum atomic E-state index is -0.537. The summed E-state index contributed by atoms with van der Waals surface area (Å²) in [5.41, 5.74) is 17.4. The first-order valence-electron chi connectivity index (χ1n) is 20.6. The van der Waals surface area contributed by atoms with Crippen molar-refractivity contribution in [1.29, 1.82) is 0 Å². The Morgan fingerprint density at radius 3 is 1.70 bits per heavy atom. The maximum atomic E-state index is 7.17. The van der Waals surface area contributed by atoms with Gasteiger partial charge in [-0.15, -0.1) is 0 Å². The third-order valence-corrected chi connectivity index (χ3v) is 12.5. The Morgan fingerprint density at radius 2 is 0.967 bits per heavy atom. The average Bonchev–Trinajstić information content (AvgIpc) is 3.97. The molecule has 9 aromatic carbocycles. The van der Waals surface area contributed by atoms with Crippen molar-refractivity contribution in [3.8, 4) is 27.9 Å². The van der Waals surface area contributed by atoms with Gasteiger partial charge in [0.1, 0.15) is 5.52 Å². The number of nitrogens with zero attached hydrogens (tertiary/aromatic N) is 2. The molecule has 0 saturated carbocycles. The number of para-hydroxylation sites is 3. The van der Waals surface area contributed by atoms with Crippen LogP contribution in [0.25, 0.3) is 60.9 Å². The fraction of sp³-hybridized carbons (Fsp3) is 0.0175. The summed E-state index contributed by atoms with van der Waals surface area (Å²) in [4.78, 5) is 2.38. The summed E-state index contributed by atoms with van der Waals surface area (Å²) in [6.07, 6.45) is 0. The fourth-order valence-corrected chi connectivity index (χ4v) is 9.95. The second-order valence-corrected chi connectivity index (χ2v) is 15.6. The van der Waals surface area contributed by atoms with Crippen LogP contribution in [0.2, 0.25) is 0 Å². The van der Waals surface area contributed by atoms with Crippen molar-refractivity contribution in [3.05, 3.63) is 253 Å². The molecule has 282 valence electrons. The van der Waals surface area contributed by atoms with E-state index in [0.29, 0.717) is 0 Å². The molecule has 1 aliphatic rings. The van der Waals surface area contributed by atoms with Crippen LogP contribution >= 0.6 is 0 Å². The van der Waals surface area contributed by atoms with Gasteiger partial charge in [0.15, 0.2) is 11.2 Å². The van der Waals surface area contributed by atoms with E-state index in [-0.39, 0.29) is 0 Å². The van der Waals surface area contributed by atoms with Gasteiger partial charge >= 0.3 is 0 Å². The van der Waals surface area contributed by atoms with E-state index in [2.05, 4.69) is 240 Å². The normalized spacial score (nSPS) is 12.8. The molecule has 12 rings (SSSR count). The molecule has 2 heterocycles. The first kappa shape index (κ1) is 34.2. The van der Waals surface area contributed by atoms with Gasteiger partial charge in [-0.2, -0.15) is 0 Å². The highest BCUT2D eigenvalue weighted by Crippen LogP contribution is 2.57. The van der Waals surface area contributed by atoms with Crippen molar-refractivity contribution < 1.29 is 4.42 Å². The minimum Gasteiger partial charge on any atom is -0.451 e. The summed E-state index contributed by atoms with van der Waals surface area (Å²) in [7, 11) is 0. The first-order chi connectivity index (χ1) is 29.8. The molecule has 0 fully saturated rings. The maximum absolute atomic E-state index is 7.17. The Morgan fingerprint density at radius 1 is 0.400 bits per heavy atom. The van der Waals surface area contributed by atoms with Crippen LogP contribution in [0, 0.1) is 0 Å². The number of benzene rings is 9. The van der Waals surface area contributed by atoms with E-state index >= 15 is 0 Å². The molecule has 2 aromatic heterocycles. The topological polar surface area (TPSA) is 21.3 Å². The highest BCUT2D eigenvalue weighted by Gasteiger charge is 2.46. The number of furan rings is 1. The third-order valence-electron chi connectivity index (χ3n) is 12.5. The number of anilines is 3. The van der Waals surface area contributed by atoms with Crippen LogP contribution in [-0.2, 0) is 5.41 Å². The van der Waals surface area contributed by atoms with Crippen LogP contribution in [0.3, 0.4) is 0 Å². The van der Waals surface area contributed by atoms with Crippen LogP contribution < -0.4 is 4.90 Å². The first-order valence-corrected chi connectivity index (χ1v) is 20.6. The lowest BCUT2D eigenvalue weighted by molar-refractivity contribution is 0.673. The quantitative estimate of drug-likeness (QED) is 0.161. The van der Waals surface area contributed by atoms with Crippen LogP contribution in [-0.4, -0.2) is 4.57 Å². The molecule has 60 heavy (non-hydrogen) atoms. The largest absolute Gasteiger partial charge is 0.451 e. The standard InChI is InChI=1S/C57H38N2O/c1-4-18-39(19-5-1)40-34-36-44(37-35-40)58(53-33-17-29-49-54-56(60-55(49)53)48-28-12-15-32-52(48)59(54)43-23-8-3-9-24-43)45-25-16-22-42(38-45)57(41-20-6-2-7-21-41)50-30-13-10-26-46(50)47-27-11-14-31-51(47)57/h1-38H. The van der Waals surface area contributed by atoms with Gasteiger partial charge < -0.3 is 13.9 Å². The van der Waals surface area contributed by atoms with Gasteiger partial charge in [0, 0.05) is 27.8 Å². The number of hydrogen-bond acceptors (Lipinski definition) is 2. The zero-order valence-electron chi connectivity index (χ0n) is 32.7. The summed E-state index contributed by atoms with van der Waals surface area (Å²) in [6, 6.07) is 83.3. The minimum absolute atomic E-state index is 0.537. The van der Waals surface area contributed by atoms with Gasteiger partial charge in [0.05, 0.1) is 16.6 Å². The van der Waals surface area contributed by atoms with Gasteiger partial charge in [-0.1, -0.05) is 170 Å². The van der Waals surface area contributed by atoms with Gasteiger partial charge in [0.2, 0.25) is 0 Å². The molecule has 3 nitrogen and oxygen atoms in total. The van der Waals surface area contributed by atoms with E-state index in [1.54, 1.807) is 0 Å². The Kier molecular flexibility index (Phi) is 7.76. The Bertz CT molecular complexity index is 3320. The predicted octanol–water partition coefficient (Wildman–Crippen LogP) is 15.0. The lowest BCUT2D eigenvalue weighted by atomic mass is 9.67. The molecule has 0 unspecified atom stereocenters. The van der Waals surface area contributed by atoms with E-state index in [0.717, 1.165) is 55.7 Å². The van der Waals surface area contributed by atoms with E-state index in [1.807, 2.05) is 0 Å². The van der Waals surface area contributed by atoms with E-state index in [1.165, 1.54) is 44.5 Å². The molecule has 0 amide bonds. The molecule has 0 radical (unpaired) electrons. The van der Waals surface area contributed by atoms with E-state index in [9.17, 15) is 0 Å². The van der Waals surface area contributed by atoms with Gasteiger partial charge in [-0.3, -0.25) is 0 Å². The van der Waals surface area contributed by atoms with Gasteiger partial charge in [-0.25, -0.2) is 0 Å². The maximum Gasteiger partial charge on any atom is 0.161 e. The SMILES string of the molecule is c1ccc(-c2ccc(N(c3cccc(C4(c5ccccc5)c5ccccc5-c5ccccc54)c3)c3cccc4c3oc3c5ccccc5n(-c5ccccc5)c43)cc2)cc1. The van der Waals surface area contributed by atoms with Crippen molar-refractivity contribution in [2.45, 2.75) is 5.41 Å². The highest BCUT2D eigenvalue weighted by molar-refractivity contribution is 6.18. The van der Waals surface area contributed by atoms with Gasteiger partial charge in [-0.05, 0) is 105 Å². The summed E-state index contributed by atoms with van der Waals surface area (Å²) < 4.78 is 9.51. The Balaban J connectivity index is 1.13. The molecular weight excluding hydrogens is 729 g/mol. The zero-order chi connectivity index (χ0) is 39.6. The second kappa shape index (κ2) is 13.6. The lowest BCUT2D eigenvalue weighted by Gasteiger charge is -2.35. The molecule has 3 heteroatoms.